The van der Waals surface area contributed by atoms with Crippen molar-refractivity contribution in [3.63, 3.8) is 0 Å². The quantitative estimate of drug-likeness (QED) is 0.572. The molecule has 9 heteroatoms. The normalized spacial score (nSPS) is 28.9. The first-order chi connectivity index (χ1) is 17.6. The Balaban J connectivity index is 1.71. The predicted octanol–water partition coefficient (Wildman–Crippen LogP) is 4.12. The average Bonchev–Trinajstić information content (AvgIpc) is 3.48. The lowest BCUT2D eigenvalue weighted by molar-refractivity contribution is -0.187. The topological polar surface area (TPSA) is 99.9 Å². The minimum absolute atomic E-state index is 0.334. The van der Waals surface area contributed by atoms with Crippen LogP contribution in [-0.4, -0.2) is 63.9 Å². The second kappa shape index (κ2) is 9.40. The van der Waals surface area contributed by atoms with Gasteiger partial charge in [-0.2, -0.15) is 0 Å². The Hall–Kier alpha value is -2.98. The lowest BCUT2D eigenvalue weighted by Crippen LogP contribution is -2.40. The number of rotatable bonds is 6. The van der Waals surface area contributed by atoms with Crippen LogP contribution in [0.4, 0.5) is 5.69 Å². The van der Waals surface area contributed by atoms with E-state index in [4.69, 9.17) is 43.6 Å². The zero-order valence-electron chi connectivity index (χ0n) is 22.3. The van der Waals surface area contributed by atoms with Gasteiger partial charge < -0.3 is 43.6 Å². The van der Waals surface area contributed by atoms with Gasteiger partial charge in [-0.25, -0.2) is 0 Å². The van der Waals surface area contributed by atoms with E-state index in [1.54, 1.807) is 21.3 Å². The third kappa shape index (κ3) is 4.72. The molecular weight excluding hydrogens is 478 g/mol. The first-order valence-electron chi connectivity index (χ1n) is 12.3. The van der Waals surface area contributed by atoms with Gasteiger partial charge in [-0.1, -0.05) is 12.1 Å². The second-order valence-corrected chi connectivity index (χ2v) is 10.2. The zero-order valence-corrected chi connectivity index (χ0v) is 22.3. The van der Waals surface area contributed by atoms with E-state index >= 15 is 0 Å². The van der Waals surface area contributed by atoms with Crippen LogP contribution in [0.15, 0.2) is 42.2 Å². The molecule has 3 heterocycles. The van der Waals surface area contributed by atoms with Gasteiger partial charge in [0.05, 0.1) is 27.9 Å². The molecule has 0 saturated carbocycles. The Labute approximate surface area is 217 Å². The Bertz CT molecular complexity index is 1180. The van der Waals surface area contributed by atoms with Crippen molar-refractivity contribution in [2.75, 3.05) is 33.7 Å². The molecule has 3 aliphatic rings. The SMILES string of the molecule is COc1cc(/C(=C2/O[C@@H]([C@H]3COC(C)(C)O3)[C@H]3OC(C)(C)O[C@@H]23)c2cccc(N)c2)cc(OC)c1OC. The van der Waals surface area contributed by atoms with Gasteiger partial charge in [0.25, 0.3) is 0 Å². The summed E-state index contributed by atoms with van der Waals surface area (Å²) in [4.78, 5) is 0. The van der Waals surface area contributed by atoms with E-state index in [0.717, 1.165) is 16.7 Å². The summed E-state index contributed by atoms with van der Waals surface area (Å²) in [6.07, 6.45) is -1.66. The van der Waals surface area contributed by atoms with Gasteiger partial charge in [0.2, 0.25) is 5.75 Å². The minimum Gasteiger partial charge on any atom is -0.493 e. The van der Waals surface area contributed by atoms with Crippen molar-refractivity contribution >= 4 is 11.3 Å². The van der Waals surface area contributed by atoms with Gasteiger partial charge in [0.15, 0.2) is 29.2 Å². The first kappa shape index (κ1) is 25.7. The lowest BCUT2D eigenvalue weighted by Gasteiger charge is -2.26. The maximum absolute atomic E-state index is 6.68. The molecule has 0 radical (unpaired) electrons. The average molecular weight is 514 g/mol. The molecule has 0 bridgehead atoms. The molecule has 2 aromatic carbocycles. The second-order valence-electron chi connectivity index (χ2n) is 10.2. The van der Waals surface area contributed by atoms with Crippen LogP contribution in [-0.2, 0) is 23.7 Å². The van der Waals surface area contributed by atoms with E-state index in [0.29, 0.717) is 35.3 Å². The summed E-state index contributed by atoms with van der Waals surface area (Å²) >= 11 is 0. The number of fused-ring (bicyclic) bond motifs is 1. The summed E-state index contributed by atoms with van der Waals surface area (Å²) in [7, 11) is 4.74. The van der Waals surface area contributed by atoms with Crippen LogP contribution in [0, 0.1) is 0 Å². The lowest BCUT2D eigenvalue weighted by atomic mass is 9.93. The monoisotopic (exact) mass is 513 g/mol. The molecule has 3 saturated heterocycles. The molecule has 4 atom stereocenters. The van der Waals surface area contributed by atoms with Crippen molar-refractivity contribution < 1.29 is 37.9 Å². The number of hydrogen-bond donors (Lipinski definition) is 1. The molecule has 9 nitrogen and oxygen atoms in total. The van der Waals surface area contributed by atoms with E-state index < -0.39 is 29.9 Å². The van der Waals surface area contributed by atoms with Crippen molar-refractivity contribution in [1.82, 2.24) is 0 Å². The van der Waals surface area contributed by atoms with Crippen LogP contribution in [0.2, 0.25) is 0 Å². The van der Waals surface area contributed by atoms with Crippen LogP contribution in [0.3, 0.4) is 0 Å². The third-order valence-corrected chi connectivity index (χ3v) is 6.75. The predicted molar refractivity (Wildman–Crippen MR) is 137 cm³/mol. The number of nitrogen functional groups attached to an aromatic ring is 1. The summed E-state index contributed by atoms with van der Waals surface area (Å²) in [5, 5.41) is 0. The molecule has 0 spiro atoms. The highest BCUT2D eigenvalue weighted by atomic mass is 16.8. The molecule has 2 aromatic rings. The minimum atomic E-state index is -0.812. The van der Waals surface area contributed by atoms with Gasteiger partial charge in [0, 0.05) is 11.3 Å². The molecule has 2 N–H and O–H groups in total. The van der Waals surface area contributed by atoms with Crippen molar-refractivity contribution in [2.24, 2.45) is 0 Å². The van der Waals surface area contributed by atoms with Crippen LogP contribution in [0.1, 0.15) is 38.8 Å². The van der Waals surface area contributed by atoms with E-state index in [-0.39, 0.29) is 6.10 Å². The molecule has 0 aromatic heterocycles. The van der Waals surface area contributed by atoms with Gasteiger partial charge >= 0.3 is 0 Å². The maximum atomic E-state index is 6.68. The standard InChI is InChI=1S/C28H35NO8/c1-27(2)33-14-20(35-27)23-25-26(37-28(3,4)36-25)24(34-23)21(15-9-8-10-17(29)11-15)16-12-18(30-5)22(32-7)19(13-16)31-6/h8-13,20,23,25-26H,14,29H2,1-7H3/b24-21+/t20-,23+,25-,26+/m1/s1. The summed E-state index contributed by atoms with van der Waals surface area (Å²) in [5.74, 6) is 0.626. The highest BCUT2D eigenvalue weighted by molar-refractivity contribution is 5.85. The molecule has 200 valence electrons. The molecule has 3 fully saturated rings. The summed E-state index contributed by atoms with van der Waals surface area (Å²) in [6.45, 7) is 7.96. The molecule has 0 unspecified atom stereocenters. The largest absolute Gasteiger partial charge is 0.493 e. The fourth-order valence-corrected chi connectivity index (χ4v) is 5.25. The Morgan fingerprint density at radius 1 is 0.838 bits per heavy atom. The van der Waals surface area contributed by atoms with E-state index in [9.17, 15) is 0 Å². The fourth-order valence-electron chi connectivity index (χ4n) is 5.25. The van der Waals surface area contributed by atoms with Crippen molar-refractivity contribution in [2.45, 2.75) is 63.7 Å². The number of methoxy groups -OCH3 is 3. The first-order valence-corrected chi connectivity index (χ1v) is 12.3. The molecule has 0 aliphatic carbocycles. The third-order valence-electron chi connectivity index (χ3n) is 6.75. The summed E-state index contributed by atoms with van der Waals surface area (Å²) < 4.78 is 48.4. The van der Waals surface area contributed by atoms with Crippen LogP contribution in [0.5, 0.6) is 17.2 Å². The van der Waals surface area contributed by atoms with Crippen molar-refractivity contribution in [3.05, 3.63) is 53.3 Å². The Morgan fingerprint density at radius 3 is 2.11 bits per heavy atom. The fraction of sp³-hybridized carbons (Fsp3) is 0.500. The Kier molecular flexibility index (Phi) is 6.52. The molecule has 0 amide bonds. The number of benzene rings is 2. The molecule has 3 aliphatic heterocycles. The number of ether oxygens (including phenoxy) is 8. The highest BCUT2D eigenvalue weighted by Crippen LogP contribution is 2.49. The van der Waals surface area contributed by atoms with Gasteiger partial charge in [-0.15, -0.1) is 0 Å². The highest BCUT2D eigenvalue weighted by Gasteiger charge is 2.58. The van der Waals surface area contributed by atoms with E-state index in [1.165, 1.54) is 0 Å². The Morgan fingerprint density at radius 2 is 1.54 bits per heavy atom. The smallest absolute Gasteiger partial charge is 0.203 e. The molecule has 5 rings (SSSR count). The van der Waals surface area contributed by atoms with Gasteiger partial charge in [-0.3, -0.25) is 0 Å². The van der Waals surface area contributed by atoms with Crippen molar-refractivity contribution in [3.8, 4) is 17.2 Å². The zero-order chi connectivity index (χ0) is 26.5. The van der Waals surface area contributed by atoms with Crippen LogP contribution >= 0.6 is 0 Å². The van der Waals surface area contributed by atoms with Crippen LogP contribution in [0.25, 0.3) is 5.57 Å². The molecule has 37 heavy (non-hydrogen) atoms. The van der Waals surface area contributed by atoms with Crippen LogP contribution < -0.4 is 19.9 Å². The number of anilines is 1. The van der Waals surface area contributed by atoms with Crippen molar-refractivity contribution in [1.29, 1.82) is 0 Å². The van der Waals surface area contributed by atoms with E-state index in [1.807, 2.05) is 64.1 Å². The summed E-state index contributed by atoms with van der Waals surface area (Å²) in [5.41, 5.74) is 9.24. The maximum Gasteiger partial charge on any atom is 0.203 e. The van der Waals surface area contributed by atoms with Gasteiger partial charge in [-0.05, 0) is 63.1 Å². The summed E-state index contributed by atoms with van der Waals surface area (Å²) in [6, 6.07) is 11.4. The molecular formula is C28H35NO8. The van der Waals surface area contributed by atoms with E-state index in [2.05, 4.69) is 0 Å². The number of hydrogen-bond acceptors (Lipinski definition) is 9. The van der Waals surface area contributed by atoms with Gasteiger partial charge in [0.1, 0.15) is 24.1 Å². The number of nitrogens with two attached hydrogens (primary N) is 1.